The van der Waals surface area contributed by atoms with Gasteiger partial charge in [0.1, 0.15) is 39.5 Å². The number of thiazole rings is 1. The van der Waals surface area contributed by atoms with Crippen molar-refractivity contribution in [1.29, 1.82) is 5.26 Å². The maximum Gasteiger partial charge on any atom is 0.147 e. The van der Waals surface area contributed by atoms with Gasteiger partial charge in [-0.15, -0.1) is 11.3 Å². The normalized spacial score (nSPS) is 16.6. The number of pyridine rings is 1. The molecule has 1 saturated heterocycles. The summed E-state index contributed by atoms with van der Waals surface area (Å²) in [5, 5.41) is 21.8. The van der Waals surface area contributed by atoms with Crippen LogP contribution in [0.25, 0.3) is 22.1 Å². The minimum Gasteiger partial charge on any atom is -0.398 e. The summed E-state index contributed by atoms with van der Waals surface area (Å²) in [6, 6.07) is 3.75. The zero-order chi connectivity index (χ0) is 18.1. The molecule has 8 nitrogen and oxygen atoms in total. The van der Waals surface area contributed by atoms with Crippen molar-refractivity contribution in [2.45, 2.75) is 12.5 Å². The lowest BCUT2D eigenvalue weighted by Crippen LogP contribution is -2.22. The Bertz CT molecular complexity index is 983. The maximum absolute atomic E-state index is 9.74. The summed E-state index contributed by atoms with van der Waals surface area (Å²) in [5.74, 6) is 0.642. The number of nitrogens with zero attached hydrogens (tertiary/aromatic N) is 6. The Balaban J connectivity index is 1.81. The van der Waals surface area contributed by atoms with Crippen LogP contribution in [-0.2, 0) is 0 Å². The number of nitrogen functional groups attached to an aromatic ring is 1. The fourth-order valence-corrected chi connectivity index (χ4v) is 3.50. The highest BCUT2D eigenvalue weighted by Gasteiger charge is 2.23. The molecule has 1 aliphatic heterocycles. The first-order valence-electron chi connectivity index (χ1n) is 8.01. The third kappa shape index (κ3) is 2.96. The Morgan fingerprint density at radius 1 is 1.31 bits per heavy atom. The van der Waals surface area contributed by atoms with Crippen molar-refractivity contribution in [2.75, 3.05) is 23.7 Å². The van der Waals surface area contributed by atoms with E-state index in [1.807, 2.05) is 10.3 Å². The molecule has 3 N–H and O–H groups in total. The summed E-state index contributed by atoms with van der Waals surface area (Å²) >= 11 is 1.44. The molecule has 0 radical (unpaired) electrons. The van der Waals surface area contributed by atoms with Crippen molar-refractivity contribution >= 4 is 22.8 Å². The molecule has 0 amide bonds. The monoisotopic (exact) mass is 365 g/mol. The van der Waals surface area contributed by atoms with Gasteiger partial charge in [0.05, 0.1) is 24.2 Å². The smallest absolute Gasteiger partial charge is 0.147 e. The number of nitriles is 1. The molecular weight excluding hydrogens is 350 g/mol. The van der Waals surface area contributed by atoms with E-state index in [4.69, 9.17) is 5.73 Å². The lowest BCUT2D eigenvalue weighted by Gasteiger charge is -2.17. The first-order chi connectivity index (χ1) is 12.7. The second-order valence-corrected chi connectivity index (χ2v) is 6.81. The van der Waals surface area contributed by atoms with E-state index in [0.29, 0.717) is 53.1 Å². The molecule has 0 saturated carbocycles. The largest absolute Gasteiger partial charge is 0.398 e. The Hall–Kier alpha value is -3.09. The Labute approximate surface area is 153 Å². The van der Waals surface area contributed by atoms with E-state index < -0.39 is 0 Å². The molecule has 130 valence electrons. The van der Waals surface area contributed by atoms with Gasteiger partial charge in [0.25, 0.3) is 0 Å². The van der Waals surface area contributed by atoms with Crippen molar-refractivity contribution in [1.82, 2.24) is 19.9 Å². The van der Waals surface area contributed by atoms with Gasteiger partial charge in [-0.25, -0.2) is 15.0 Å². The van der Waals surface area contributed by atoms with Gasteiger partial charge in [-0.2, -0.15) is 5.26 Å². The van der Waals surface area contributed by atoms with Crippen molar-refractivity contribution < 1.29 is 5.11 Å². The van der Waals surface area contributed by atoms with Crippen LogP contribution in [0.3, 0.4) is 0 Å². The van der Waals surface area contributed by atoms with E-state index >= 15 is 0 Å². The third-order valence-corrected chi connectivity index (χ3v) is 4.96. The molecule has 1 aliphatic rings. The maximum atomic E-state index is 9.74. The van der Waals surface area contributed by atoms with Crippen LogP contribution in [0, 0.1) is 11.3 Å². The predicted octanol–water partition coefficient (Wildman–Crippen LogP) is 1.69. The molecule has 0 spiro atoms. The molecule has 4 rings (SSSR count). The van der Waals surface area contributed by atoms with Gasteiger partial charge in [0.2, 0.25) is 0 Å². The summed E-state index contributed by atoms with van der Waals surface area (Å²) in [7, 11) is 0. The van der Waals surface area contributed by atoms with Crippen LogP contribution in [0.1, 0.15) is 12.0 Å². The molecule has 0 aliphatic carbocycles. The number of hydrogen-bond acceptors (Lipinski definition) is 9. The zero-order valence-corrected chi connectivity index (χ0v) is 14.5. The van der Waals surface area contributed by atoms with E-state index in [0.717, 1.165) is 0 Å². The van der Waals surface area contributed by atoms with Crippen molar-refractivity contribution in [3.8, 4) is 28.2 Å². The summed E-state index contributed by atoms with van der Waals surface area (Å²) < 4.78 is 0. The van der Waals surface area contributed by atoms with Gasteiger partial charge in [-0.3, -0.25) is 4.98 Å². The highest BCUT2D eigenvalue weighted by atomic mass is 32.1. The van der Waals surface area contributed by atoms with Gasteiger partial charge in [-0.05, 0) is 12.5 Å². The topological polar surface area (TPSA) is 125 Å². The van der Waals surface area contributed by atoms with Gasteiger partial charge in [-0.1, -0.05) is 0 Å². The van der Waals surface area contributed by atoms with Crippen LogP contribution < -0.4 is 10.6 Å². The van der Waals surface area contributed by atoms with Crippen molar-refractivity contribution in [2.24, 2.45) is 0 Å². The highest BCUT2D eigenvalue weighted by molar-refractivity contribution is 7.13. The average Bonchev–Trinajstić information content (AvgIpc) is 3.33. The van der Waals surface area contributed by atoms with E-state index in [1.54, 1.807) is 24.7 Å². The molecule has 3 aromatic heterocycles. The molecule has 3 aromatic rings. The van der Waals surface area contributed by atoms with E-state index in [-0.39, 0.29) is 11.7 Å². The fourth-order valence-electron chi connectivity index (χ4n) is 2.90. The number of anilines is 2. The number of hydrogen-bond donors (Lipinski definition) is 2. The Morgan fingerprint density at radius 3 is 2.88 bits per heavy atom. The van der Waals surface area contributed by atoms with E-state index in [1.165, 1.54) is 11.3 Å². The van der Waals surface area contributed by atoms with Gasteiger partial charge < -0.3 is 15.7 Å². The number of aromatic nitrogens is 4. The molecule has 4 heterocycles. The molecule has 0 unspecified atom stereocenters. The number of nitrogens with two attached hydrogens (primary N) is 1. The molecular formula is C17H15N7OS. The number of rotatable bonds is 3. The first-order valence-corrected chi connectivity index (χ1v) is 8.89. The summed E-state index contributed by atoms with van der Waals surface area (Å²) in [5.41, 5.74) is 8.10. The van der Waals surface area contributed by atoms with Gasteiger partial charge in [0.15, 0.2) is 0 Å². The second-order valence-electron chi connectivity index (χ2n) is 5.92. The Kier molecular flexibility index (Phi) is 4.20. The van der Waals surface area contributed by atoms with Crippen LogP contribution >= 0.6 is 11.3 Å². The zero-order valence-electron chi connectivity index (χ0n) is 13.7. The predicted molar refractivity (Wildman–Crippen MR) is 98.3 cm³/mol. The fraction of sp³-hybridized carbons (Fsp3) is 0.235. The van der Waals surface area contributed by atoms with Crippen LogP contribution in [0.4, 0.5) is 11.5 Å². The minimum atomic E-state index is -0.364. The van der Waals surface area contributed by atoms with Crippen LogP contribution in [0.2, 0.25) is 0 Å². The lowest BCUT2D eigenvalue weighted by molar-refractivity contribution is 0.198. The Morgan fingerprint density at radius 2 is 2.19 bits per heavy atom. The number of aliphatic hydroxyl groups is 1. The summed E-state index contributed by atoms with van der Waals surface area (Å²) in [6.07, 6.45) is 5.22. The molecule has 0 bridgehead atoms. The minimum absolute atomic E-state index is 0.262. The van der Waals surface area contributed by atoms with E-state index in [2.05, 4.69) is 26.0 Å². The average molecular weight is 365 g/mol. The molecule has 1 atom stereocenters. The lowest BCUT2D eigenvalue weighted by atomic mass is 10.1. The molecule has 9 heteroatoms. The van der Waals surface area contributed by atoms with Gasteiger partial charge in [0, 0.05) is 24.7 Å². The molecule has 0 aromatic carbocycles. The number of aliphatic hydroxyl groups excluding tert-OH is 1. The first kappa shape index (κ1) is 16.4. The van der Waals surface area contributed by atoms with Gasteiger partial charge >= 0.3 is 0 Å². The van der Waals surface area contributed by atoms with Crippen LogP contribution in [0.5, 0.6) is 0 Å². The van der Waals surface area contributed by atoms with Crippen molar-refractivity contribution in [3.63, 3.8) is 0 Å². The second kappa shape index (κ2) is 6.67. The highest BCUT2D eigenvalue weighted by Crippen LogP contribution is 2.31. The van der Waals surface area contributed by atoms with Crippen molar-refractivity contribution in [3.05, 3.63) is 35.6 Å². The molecule has 1 fully saturated rings. The third-order valence-electron chi connectivity index (χ3n) is 4.17. The summed E-state index contributed by atoms with van der Waals surface area (Å²) in [4.78, 5) is 19.6. The standard InChI is InChI=1S/C17H15N7OS/c18-6-11-12(19)5-13(17-21-2-4-26-17)23-16(11)14-7-20-8-15(22-14)24-3-1-10(25)9-24/h2,4-5,7-8,10,25H,1,3,9H2,(H2,19,23)/t10-/m1/s1. The van der Waals surface area contributed by atoms with Crippen LogP contribution in [0.15, 0.2) is 30.0 Å². The summed E-state index contributed by atoms with van der Waals surface area (Å²) in [6.45, 7) is 1.22. The SMILES string of the molecule is N#Cc1c(N)cc(-c2nccs2)nc1-c1cncc(N2CC[C@@H](O)C2)n1. The van der Waals surface area contributed by atoms with Crippen LogP contribution in [-0.4, -0.2) is 44.2 Å². The van der Waals surface area contributed by atoms with E-state index in [9.17, 15) is 10.4 Å². The molecule has 26 heavy (non-hydrogen) atoms. The quantitative estimate of drug-likeness (QED) is 0.718. The number of β-amino-alcohol motifs (C(OH)–C–C–N with tert-alkyl or cyclic N) is 1.